The minimum Gasteiger partial charge on any atom is -0.390 e. The molecule has 0 aliphatic heterocycles. The van der Waals surface area contributed by atoms with Gasteiger partial charge in [0, 0.05) is 0 Å². The Bertz CT molecular complexity index is 346. The zero-order valence-electron chi connectivity index (χ0n) is 10.5. The molecule has 0 saturated heterocycles. The van der Waals surface area contributed by atoms with Crippen LogP contribution in [0.15, 0.2) is 24.3 Å². The summed E-state index contributed by atoms with van der Waals surface area (Å²) in [5, 5.41) is 18.9. The maximum atomic E-state index is 11.6. The number of aliphatic hydroxyl groups excluding tert-OH is 2. The largest absolute Gasteiger partial charge is 0.390 e. The highest BCUT2D eigenvalue weighted by Gasteiger charge is 2.41. The Labute approximate surface area is 107 Å². The number of hydrogen-bond acceptors (Lipinski definition) is 4. The standard InChI is InChI=1S/C14H20O4/c1-2-3-4-5-6-7-10-8-12(16)14(18)13(17)11(10)9-15/h4-7,9-12,14,16,18H,2-3,8H2,1H3/b5-4+,7-6+/t10-,11+,12+,14+/m0/s1. The predicted octanol–water partition coefficient (Wildman–Crippen LogP) is 1.02. The van der Waals surface area contributed by atoms with E-state index in [1.807, 2.05) is 12.2 Å². The minimum atomic E-state index is -1.43. The number of ketones is 1. The molecule has 0 radical (unpaired) electrons. The van der Waals surface area contributed by atoms with E-state index < -0.39 is 23.9 Å². The Morgan fingerprint density at radius 3 is 2.67 bits per heavy atom. The molecule has 2 N–H and O–H groups in total. The smallest absolute Gasteiger partial charge is 0.174 e. The van der Waals surface area contributed by atoms with Crippen LogP contribution in [0.3, 0.4) is 0 Å². The van der Waals surface area contributed by atoms with Gasteiger partial charge in [-0.3, -0.25) is 4.79 Å². The highest BCUT2D eigenvalue weighted by atomic mass is 16.3. The Hall–Kier alpha value is -1.26. The molecular weight excluding hydrogens is 232 g/mol. The third-order valence-corrected chi connectivity index (χ3v) is 3.17. The summed E-state index contributed by atoms with van der Waals surface area (Å²) in [6.45, 7) is 2.08. The number of hydrogen-bond donors (Lipinski definition) is 2. The molecule has 0 unspecified atom stereocenters. The van der Waals surface area contributed by atoms with E-state index in [1.54, 1.807) is 12.2 Å². The maximum Gasteiger partial charge on any atom is 0.174 e. The number of carbonyl (C=O) groups excluding carboxylic acids is 2. The first-order valence-electron chi connectivity index (χ1n) is 6.30. The van der Waals surface area contributed by atoms with E-state index in [2.05, 4.69) is 6.92 Å². The summed E-state index contributed by atoms with van der Waals surface area (Å²) in [6.07, 6.45) is 7.72. The van der Waals surface area contributed by atoms with Crippen molar-refractivity contribution in [2.75, 3.05) is 0 Å². The fourth-order valence-corrected chi connectivity index (χ4v) is 2.07. The number of Topliss-reactive ketones (excluding diaryl/α,β-unsaturated/α-hetero) is 1. The van der Waals surface area contributed by atoms with Gasteiger partial charge in [0.25, 0.3) is 0 Å². The van der Waals surface area contributed by atoms with Gasteiger partial charge in [0.2, 0.25) is 0 Å². The molecule has 0 spiro atoms. The Kier molecular flexibility index (Phi) is 5.95. The number of aliphatic hydroxyl groups is 2. The normalized spacial score (nSPS) is 33.4. The monoisotopic (exact) mass is 252 g/mol. The van der Waals surface area contributed by atoms with Crippen LogP contribution in [0.1, 0.15) is 26.2 Å². The molecule has 1 aliphatic rings. The summed E-state index contributed by atoms with van der Waals surface area (Å²) in [5.74, 6) is -1.77. The molecule has 100 valence electrons. The maximum absolute atomic E-state index is 11.6. The molecule has 0 amide bonds. The van der Waals surface area contributed by atoms with Crippen LogP contribution in [-0.4, -0.2) is 34.5 Å². The van der Waals surface area contributed by atoms with E-state index in [0.29, 0.717) is 6.29 Å². The SMILES string of the molecule is CCC/C=C/C=C/[C@H]1C[C@@H](O)[C@@H](O)C(=O)[C@@H]1C=O. The molecule has 0 aromatic carbocycles. The van der Waals surface area contributed by atoms with E-state index in [4.69, 9.17) is 0 Å². The van der Waals surface area contributed by atoms with Crippen LogP contribution >= 0.6 is 0 Å². The molecule has 1 aliphatic carbocycles. The van der Waals surface area contributed by atoms with Crippen molar-refractivity contribution in [1.82, 2.24) is 0 Å². The van der Waals surface area contributed by atoms with Crippen LogP contribution in [0.4, 0.5) is 0 Å². The van der Waals surface area contributed by atoms with Crippen molar-refractivity contribution in [2.24, 2.45) is 11.8 Å². The number of allylic oxidation sites excluding steroid dienone is 4. The molecule has 1 saturated carbocycles. The predicted molar refractivity (Wildman–Crippen MR) is 67.9 cm³/mol. The van der Waals surface area contributed by atoms with Gasteiger partial charge in [0.1, 0.15) is 12.4 Å². The lowest BCUT2D eigenvalue weighted by Gasteiger charge is -2.31. The van der Waals surface area contributed by atoms with Crippen molar-refractivity contribution < 1.29 is 19.8 Å². The summed E-state index contributed by atoms with van der Waals surface area (Å²) >= 11 is 0. The van der Waals surface area contributed by atoms with Gasteiger partial charge >= 0.3 is 0 Å². The molecule has 18 heavy (non-hydrogen) atoms. The van der Waals surface area contributed by atoms with E-state index in [0.717, 1.165) is 12.8 Å². The van der Waals surface area contributed by atoms with E-state index >= 15 is 0 Å². The summed E-state index contributed by atoms with van der Waals surface area (Å²) in [4.78, 5) is 22.5. The molecule has 0 aromatic heterocycles. The first-order valence-corrected chi connectivity index (χ1v) is 6.30. The van der Waals surface area contributed by atoms with Gasteiger partial charge in [0.15, 0.2) is 5.78 Å². The lowest BCUT2D eigenvalue weighted by Crippen LogP contribution is -2.47. The van der Waals surface area contributed by atoms with Crippen LogP contribution in [-0.2, 0) is 9.59 Å². The molecule has 4 heteroatoms. The van der Waals surface area contributed by atoms with Gasteiger partial charge < -0.3 is 15.0 Å². The zero-order chi connectivity index (χ0) is 13.5. The number of rotatable bonds is 5. The summed E-state index contributed by atoms with van der Waals surface area (Å²) < 4.78 is 0. The Morgan fingerprint density at radius 1 is 1.33 bits per heavy atom. The van der Waals surface area contributed by atoms with Crippen LogP contribution in [0.5, 0.6) is 0 Å². The van der Waals surface area contributed by atoms with Crippen LogP contribution in [0, 0.1) is 11.8 Å². The van der Waals surface area contributed by atoms with Gasteiger partial charge in [0.05, 0.1) is 12.0 Å². The van der Waals surface area contributed by atoms with Gasteiger partial charge in [-0.05, 0) is 18.8 Å². The summed E-state index contributed by atoms with van der Waals surface area (Å²) in [6, 6.07) is 0. The lowest BCUT2D eigenvalue weighted by molar-refractivity contribution is -0.146. The van der Waals surface area contributed by atoms with Crippen molar-refractivity contribution in [3.63, 3.8) is 0 Å². The van der Waals surface area contributed by atoms with E-state index in [9.17, 15) is 19.8 Å². The second-order valence-corrected chi connectivity index (χ2v) is 4.58. The highest BCUT2D eigenvalue weighted by molar-refractivity contribution is 5.97. The van der Waals surface area contributed by atoms with E-state index in [-0.39, 0.29) is 12.3 Å². The molecule has 4 atom stereocenters. The average molecular weight is 252 g/mol. The number of carbonyl (C=O) groups is 2. The third kappa shape index (κ3) is 3.62. The lowest BCUT2D eigenvalue weighted by atomic mass is 9.76. The van der Waals surface area contributed by atoms with Gasteiger partial charge in [-0.25, -0.2) is 0 Å². The zero-order valence-corrected chi connectivity index (χ0v) is 10.5. The van der Waals surface area contributed by atoms with Crippen molar-refractivity contribution in [1.29, 1.82) is 0 Å². The summed E-state index contributed by atoms with van der Waals surface area (Å²) in [5.41, 5.74) is 0. The first kappa shape index (κ1) is 14.8. The van der Waals surface area contributed by atoms with Crippen molar-refractivity contribution in [2.45, 2.75) is 38.4 Å². The van der Waals surface area contributed by atoms with Gasteiger partial charge in [-0.2, -0.15) is 0 Å². The Balaban J connectivity index is 2.68. The second-order valence-electron chi connectivity index (χ2n) is 4.58. The van der Waals surface area contributed by atoms with Crippen LogP contribution < -0.4 is 0 Å². The molecular formula is C14H20O4. The quantitative estimate of drug-likeness (QED) is 0.435. The van der Waals surface area contributed by atoms with Crippen molar-refractivity contribution >= 4 is 12.1 Å². The molecule has 4 nitrogen and oxygen atoms in total. The van der Waals surface area contributed by atoms with Crippen molar-refractivity contribution in [3.8, 4) is 0 Å². The first-order chi connectivity index (χ1) is 8.61. The highest BCUT2D eigenvalue weighted by Crippen LogP contribution is 2.28. The average Bonchev–Trinajstić information content (AvgIpc) is 2.36. The molecule has 0 aromatic rings. The number of aldehydes is 1. The number of unbranched alkanes of at least 4 members (excludes halogenated alkanes) is 1. The molecule has 0 bridgehead atoms. The fourth-order valence-electron chi connectivity index (χ4n) is 2.07. The van der Waals surface area contributed by atoms with Gasteiger partial charge in [-0.1, -0.05) is 37.6 Å². The summed E-state index contributed by atoms with van der Waals surface area (Å²) in [7, 11) is 0. The minimum absolute atomic E-state index is 0.231. The Morgan fingerprint density at radius 2 is 2.06 bits per heavy atom. The molecule has 0 heterocycles. The topological polar surface area (TPSA) is 74.6 Å². The van der Waals surface area contributed by atoms with Crippen LogP contribution in [0.25, 0.3) is 0 Å². The van der Waals surface area contributed by atoms with Gasteiger partial charge in [-0.15, -0.1) is 0 Å². The fraction of sp³-hybridized carbons (Fsp3) is 0.571. The van der Waals surface area contributed by atoms with E-state index in [1.165, 1.54) is 0 Å². The molecule has 1 fully saturated rings. The van der Waals surface area contributed by atoms with Crippen LogP contribution in [0.2, 0.25) is 0 Å². The second kappa shape index (κ2) is 7.24. The van der Waals surface area contributed by atoms with Crippen molar-refractivity contribution in [3.05, 3.63) is 24.3 Å². The third-order valence-electron chi connectivity index (χ3n) is 3.17. The molecule has 1 rings (SSSR count).